The van der Waals surface area contributed by atoms with Gasteiger partial charge in [0.15, 0.2) is 0 Å². The third kappa shape index (κ3) is 3.00. The number of esters is 1. The minimum Gasteiger partial charge on any atom is -0.504 e. The smallest absolute Gasteiger partial charge is 0.337 e. The van der Waals surface area contributed by atoms with Gasteiger partial charge in [0.1, 0.15) is 0 Å². The summed E-state index contributed by atoms with van der Waals surface area (Å²) in [4.78, 5) is 19.9. The summed E-state index contributed by atoms with van der Waals surface area (Å²) in [5.41, 5.74) is 4.27. The van der Waals surface area contributed by atoms with E-state index in [4.69, 9.17) is 14.5 Å². The lowest BCUT2D eigenvalue weighted by molar-refractivity contribution is -0.137. The van der Waals surface area contributed by atoms with Crippen molar-refractivity contribution in [1.29, 1.82) is 0 Å². The van der Waals surface area contributed by atoms with Crippen molar-refractivity contribution in [3.63, 3.8) is 0 Å². The van der Waals surface area contributed by atoms with Crippen LogP contribution in [0.5, 0.6) is 0 Å². The molecule has 2 fully saturated rings. The van der Waals surface area contributed by atoms with Crippen molar-refractivity contribution in [2.45, 2.75) is 24.8 Å². The van der Waals surface area contributed by atoms with Crippen molar-refractivity contribution in [3.8, 4) is 0 Å². The summed E-state index contributed by atoms with van der Waals surface area (Å²) in [5.74, 6) is 0.270. The van der Waals surface area contributed by atoms with Crippen LogP contribution in [0.4, 0.5) is 5.69 Å². The molecule has 2 saturated heterocycles. The number of aliphatic imine (C=N–C) groups is 1. The zero-order chi connectivity index (χ0) is 19.0. The van der Waals surface area contributed by atoms with Gasteiger partial charge in [0, 0.05) is 30.1 Å². The Morgan fingerprint density at radius 1 is 1.33 bits per heavy atom. The Labute approximate surface area is 160 Å². The lowest BCUT2D eigenvalue weighted by Gasteiger charge is -2.47. The maximum Gasteiger partial charge on any atom is 0.337 e. The van der Waals surface area contributed by atoms with Crippen LogP contribution in [0.3, 0.4) is 0 Å². The van der Waals surface area contributed by atoms with E-state index in [9.17, 15) is 4.79 Å². The van der Waals surface area contributed by atoms with Crippen molar-refractivity contribution in [2.75, 3.05) is 27.3 Å². The summed E-state index contributed by atoms with van der Waals surface area (Å²) in [6.45, 7) is 5.94. The fraction of sp³-hybridized carbons (Fsp3) is 0.455. The molecule has 3 aliphatic heterocycles. The molecule has 142 valence electrons. The summed E-state index contributed by atoms with van der Waals surface area (Å²) in [6, 6.07) is 8.68. The molecule has 0 amide bonds. The third-order valence-electron chi connectivity index (χ3n) is 6.21. The van der Waals surface area contributed by atoms with E-state index in [0.29, 0.717) is 11.5 Å². The SMILES string of the molecule is C=C[C@H]1CN2CCC3C(=Nc4ccccc43)[C@@H]2C[C@@H]1/C(=C\OC)C(=O)OC. The number of nitrogens with zero attached hydrogens (tertiary/aromatic N) is 2. The van der Waals surface area contributed by atoms with Gasteiger partial charge in [0.05, 0.1) is 31.7 Å². The minimum atomic E-state index is -0.328. The van der Waals surface area contributed by atoms with E-state index in [1.807, 2.05) is 12.1 Å². The molecule has 5 heteroatoms. The number of fused-ring (bicyclic) bond motifs is 5. The number of carbonyl (C=O) groups excluding carboxylic acids is 1. The molecule has 0 saturated carbocycles. The first-order valence-corrected chi connectivity index (χ1v) is 9.53. The summed E-state index contributed by atoms with van der Waals surface area (Å²) < 4.78 is 10.2. The van der Waals surface area contributed by atoms with Gasteiger partial charge in [-0.3, -0.25) is 9.89 Å². The zero-order valence-corrected chi connectivity index (χ0v) is 15.9. The van der Waals surface area contributed by atoms with Crippen LogP contribution < -0.4 is 0 Å². The first-order valence-electron chi connectivity index (χ1n) is 9.53. The number of piperidine rings is 2. The molecule has 1 unspecified atom stereocenters. The van der Waals surface area contributed by atoms with Gasteiger partial charge in [0.25, 0.3) is 0 Å². The Kier molecular flexibility index (Phi) is 4.87. The van der Waals surface area contributed by atoms with Crippen molar-refractivity contribution in [3.05, 3.63) is 54.3 Å². The number of hydrogen-bond donors (Lipinski definition) is 0. The van der Waals surface area contributed by atoms with Crippen molar-refractivity contribution in [1.82, 2.24) is 4.90 Å². The Bertz CT molecular complexity index is 814. The predicted octanol–water partition coefficient (Wildman–Crippen LogP) is 3.46. The molecule has 3 aliphatic rings. The van der Waals surface area contributed by atoms with Crippen molar-refractivity contribution in [2.24, 2.45) is 16.8 Å². The van der Waals surface area contributed by atoms with Crippen LogP contribution in [0.1, 0.15) is 24.3 Å². The molecule has 4 atom stereocenters. The molecule has 1 aromatic rings. The predicted molar refractivity (Wildman–Crippen MR) is 105 cm³/mol. The summed E-state index contributed by atoms with van der Waals surface area (Å²) >= 11 is 0. The first-order chi connectivity index (χ1) is 13.2. The average Bonchev–Trinajstić information content (AvgIpc) is 3.09. The molecule has 27 heavy (non-hydrogen) atoms. The van der Waals surface area contributed by atoms with E-state index >= 15 is 0 Å². The van der Waals surface area contributed by atoms with Crippen molar-refractivity contribution >= 4 is 17.4 Å². The number of hydrogen-bond acceptors (Lipinski definition) is 5. The number of ether oxygens (including phenoxy) is 2. The summed E-state index contributed by atoms with van der Waals surface area (Å²) in [6.07, 6.45) is 5.42. The normalized spacial score (nSPS) is 29.9. The molecule has 0 aromatic heterocycles. The van der Waals surface area contributed by atoms with Crippen LogP contribution in [0.2, 0.25) is 0 Å². The second-order valence-electron chi connectivity index (χ2n) is 7.49. The van der Waals surface area contributed by atoms with E-state index in [2.05, 4.69) is 29.7 Å². The third-order valence-corrected chi connectivity index (χ3v) is 6.21. The van der Waals surface area contributed by atoms with Crippen LogP contribution in [0.15, 0.2) is 53.7 Å². The van der Waals surface area contributed by atoms with Crippen LogP contribution >= 0.6 is 0 Å². The molecular formula is C22H26N2O3. The van der Waals surface area contributed by atoms with E-state index in [-0.39, 0.29) is 23.8 Å². The Hall–Kier alpha value is -2.40. The maximum atomic E-state index is 12.4. The van der Waals surface area contributed by atoms with Crippen molar-refractivity contribution < 1.29 is 14.3 Å². The van der Waals surface area contributed by atoms with Crippen LogP contribution in [-0.2, 0) is 14.3 Å². The maximum absolute atomic E-state index is 12.4. The average molecular weight is 366 g/mol. The molecule has 0 radical (unpaired) electrons. The van der Waals surface area contributed by atoms with Gasteiger partial charge in [-0.05, 0) is 36.9 Å². The highest BCUT2D eigenvalue weighted by Crippen LogP contribution is 2.46. The highest BCUT2D eigenvalue weighted by molar-refractivity contribution is 6.02. The molecule has 5 nitrogen and oxygen atoms in total. The quantitative estimate of drug-likeness (QED) is 0.354. The molecule has 0 spiro atoms. The number of methoxy groups -OCH3 is 2. The van der Waals surface area contributed by atoms with Gasteiger partial charge >= 0.3 is 5.97 Å². The molecule has 3 heterocycles. The fourth-order valence-corrected chi connectivity index (χ4v) is 4.94. The number of carbonyl (C=O) groups is 1. The Balaban J connectivity index is 1.67. The molecule has 0 aliphatic carbocycles. The van der Waals surface area contributed by atoms with Gasteiger partial charge < -0.3 is 9.47 Å². The highest BCUT2D eigenvalue weighted by Gasteiger charge is 2.46. The molecule has 4 rings (SSSR count). The Morgan fingerprint density at radius 3 is 2.89 bits per heavy atom. The molecule has 1 aromatic carbocycles. The van der Waals surface area contributed by atoms with Gasteiger partial charge in [-0.25, -0.2) is 4.79 Å². The highest BCUT2D eigenvalue weighted by atomic mass is 16.5. The lowest BCUT2D eigenvalue weighted by Crippen LogP contribution is -2.55. The first kappa shape index (κ1) is 18.0. The standard InChI is InChI=1S/C22H26N2O3/c1-4-14-12-24-10-9-16-15-7-5-6-8-19(15)23-21(16)20(24)11-17(14)18(13-26-2)22(25)27-3/h4-8,13-14,16-17,20H,1,9-12H2,2-3H3/b18-13+/t14-,16?,17-,20-/m0/s1. The summed E-state index contributed by atoms with van der Waals surface area (Å²) in [5, 5.41) is 0. The van der Waals surface area contributed by atoms with Crippen LogP contribution in [-0.4, -0.2) is 49.9 Å². The van der Waals surface area contributed by atoms with Crippen LogP contribution in [0, 0.1) is 11.8 Å². The van der Waals surface area contributed by atoms with E-state index < -0.39 is 0 Å². The van der Waals surface area contributed by atoms with Gasteiger partial charge in [-0.15, -0.1) is 6.58 Å². The van der Waals surface area contributed by atoms with E-state index in [1.165, 1.54) is 24.6 Å². The fourth-order valence-electron chi connectivity index (χ4n) is 4.94. The number of benzene rings is 1. The van der Waals surface area contributed by atoms with Crippen LogP contribution in [0.25, 0.3) is 0 Å². The molecule has 0 N–H and O–H groups in total. The lowest BCUT2D eigenvalue weighted by atomic mass is 9.72. The zero-order valence-electron chi connectivity index (χ0n) is 15.9. The Morgan fingerprint density at radius 2 is 2.15 bits per heavy atom. The summed E-state index contributed by atoms with van der Waals surface area (Å²) in [7, 11) is 2.98. The largest absolute Gasteiger partial charge is 0.504 e. The van der Waals surface area contributed by atoms with E-state index in [1.54, 1.807) is 7.11 Å². The number of para-hydroxylation sites is 1. The second-order valence-corrected chi connectivity index (χ2v) is 7.49. The van der Waals surface area contributed by atoms with Gasteiger partial charge in [0.2, 0.25) is 0 Å². The monoisotopic (exact) mass is 366 g/mol. The molecule has 0 bridgehead atoms. The molecular weight excluding hydrogens is 340 g/mol. The van der Waals surface area contributed by atoms with Gasteiger partial charge in [-0.2, -0.15) is 0 Å². The van der Waals surface area contributed by atoms with Gasteiger partial charge in [-0.1, -0.05) is 24.3 Å². The number of rotatable bonds is 4. The second kappa shape index (κ2) is 7.31. The van der Waals surface area contributed by atoms with E-state index in [0.717, 1.165) is 31.6 Å². The topological polar surface area (TPSA) is 51.1 Å². The minimum absolute atomic E-state index is 0.0151.